The zero-order valence-corrected chi connectivity index (χ0v) is 43.2. The highest BCUT2D eigenvalue weighted by Crippen LogP contribution is 2.55. The standard InChI is InChI=1S/C66H66BN3O/c1-39-33-40(2)58(41(3)34-39)57-38-56-62(71-57)67-51-35-44(65(10,11)12)27-32-53(51)68(45-28-23-42(24-29-45)63(4,5)6)54-36-47(37-55(60(54)67)69(56)46-30-25-43(26-31-46)64(7,8)9)70-52-22-18-16-20-49(52)59-48-19-15-17-21-50(48)66(13,14)61(59)70/h15-38H,1-14H3/i1D3,2D3. The highest BCUT2D eigenvalue weighted by atomic mass is 16.3. The number of aromatic nitrogens is 1. The fourth-order valence-electron chi connectivity index (χ4n) is 12.1. The lowest BCUT2D eigenvalue weighted by molar-refractivity contribution is 0.590. The van der Waals surface area contributed by atoms with E-state index in [-0.39, 0.29) is 32.8 Å². The van der Waals surface area contributed by atoms with Crippen molar-refractivity contribution in [1.29, 1.82) is 0 Å². The summed E-state index contributed by atoms with van der Waals surface area (Å²) in [6.07, 6.45) is 0. The minimum atomic E-state index is -2.66. The number of rotatable bonds is 4. The second-order valence-electron chi connectivity index (χ2n) is 23.9. The van der Waals surface area contributed by atoms with Crippen LogP contribution in [0.2, 0.25) is 0 Å². The number of benzene rings is 7. The maximum atomic E-state index is 8.88. The van der Waals surface area contributed by atoms with E-state index in [0.717, 1.165) is 56.3 Å². The number of hydrogen-bond acceptors (Lipinski definition) is 3. The van der Waals surface area contributed by atoms with Gasteiger partial charge in [-0.25, -0.2) is 0 Å². The summed E-state index contributed by atoms with van der Waals surface area (Å²) in [7, 11) is 0. The van der Waals surface area contributed by atoms with Crippen LogP contribution in [-0.4, -0.2) is 11.3 Å². The van der Waals surface area contributed by atoms with E-state index >= 15 is 0 Å². The number of furan rings is 1. The molecule has 1 aliphatic carbocycles. The lowest BCUT2D eigenvalue weighted by Crippen LogP contribution is -2.61. The summed E-state index contributed by atoms with van der Waals surface area (Å²) < 4.78 is 61.6. The van der Waals surface area contributed by atoms with Gasteiger partial charge in [0.25, 0.3) is 6.71 Å². The molecule has 0 saturated heterocycles. The van der Waals surface area contributed by atoms with Crippen molar-refractivity contribution in [2.45, 2.75) is 118 Å². The Labute approximate surface area is 430 Å². The molecule has 0 atom stereocenters. The van der Waals surface area contributed by atoms with Gasteiger partial charge in [-0.05, 0) is 135 Å². The van der Waals surface area contributed by atoms with Gasteiger partial charge in [0.2, 0.25) is 0 Å². The van der Waals surface area contributed by atoms with Crippen LogP contribution in [0.5, 0.6) is 0 Å². The van der Waals surface area contributed by atoms with E-state index < -0.39 is 20.4 Å². The first-order chi connectivity index (χ1) is 36.0. The Balaban J connectivity index is 1.24. The Bertz CT molecular complexity index is 3890. The number of anilines is 6. The molecule has 2 aromatic heterocycles. The third-order valence-electron chi connectivity index (χ3n) is 15.7. The molecule has 9 aromatic rings. The van der Waals surface area contributed by atoms with Gasteiger partial charge in [-0.3, -0.25) is 0 Å². The van der Waals surface area contributed by atoms with Crippen molar-refractivity contribution in [3.8, 4) is 28.1 Å². The molecule has 0 fully saturated rings. The molecule has 4 nitrogen and oxygen atoms in total. The van der Waals surface area contributed by atoms with Gasteiger partial charge in [0, 0.05) is 70.3 Å². The van der Waals surface area contributed by atoms with Crippen LogP contribution >= 0.6 is 0 Å². The van der Waals surface area contributed by atoms with E-state index in [4.69, 9.17) is 12.6 Å². The SMILES string of the molecule is [2H]C([2H])([2H])c1cc(C)c(-c2cc3c(o2)B2c4cc(C(C)(C)C)ccc4N(c4ccc(C(C)(C)C)cc4)c4cc(-n5c6c(c7ccccc75)-c5ccccc5C6(C)C)cc(c42)N3c2ccc(C(C)(C)C)cc2)c(C([2H])([2H])[2H])c1. The van der Waals surface area contributed by atoms with Gasteiger partial charge < -0.3 is 18.8 Å². The van der Waals surface area contributed by atoms with Crippen LogP contribution < -0.4 is 26.4 Å². The highest BCUT2D eigenvalue weighted by Gasteiger charge is 2.48. The monoisotopic (exact) mass is 934 g/mol. The predicted molar refractivity (Wildman–Crippen MR) is 303 cm³/mol. The molecule has 0 unspecified atom stereocenters. The molecule has 0 spiro atoms. The summed E-state index contributed by atoms with van der Waals surface area (Å²) in [6, 6.07) is 52.1. The third kappa shape index (κ3) is 6.78. The van der Waals surface area contributed by atoms with Crippen LogP contribution in [0.3, 0.4) is 0 Å². The van der Waals surface area contributed by atoms with Crippen molar-refractivity contribution in [2.24, 2.45) is 0 Å². The van der Waals surface area contributed by atoms with E-state index in [2.05, 4.69) is 218 Å². The van der Waals surface area contributed by atoms with Crippen LogP contribution in [0.25, 0.3) is 39.0 Å². The zero-order chi connectivity index (χ0) is 54.8. The topological polar surface area (TPSA) is 24.6 Å². The Kier molecular flexibility index (Phi) is 8.33. The zero-order valence-electron chi connectivity index (χ0n) is 49.2. The van der Waals surface area contributed by atoms with Crippen LogP contribution in [0.4, 0.5) is 34.1 Å². The molecule has 7 aromatic carbocycles. The largest absolute Gasteiger partial charge is 0.468 e. The summed E-state index contributed by atoms with van der Waals surface area (Å²) in [5.74, 6) is 0.365. The summed E-state index contributed by atoms with van der Waals surface area (Å²) in [5.41, 5.74) is 19.3. The average molecular weight is 934 g/mol. The molecule has 5 heteroatoms. The van der Waals surface area contributed by atoms with Crippen molar-refractivity contribution >= 4 is 68.3 Å². The Morgan fingerprint density at radius 2 is 1.11 bits per heavy atom. The van der Waals surface area contributed by atoms with Crippen molar-refractivity contribution < 1.29 is 12.6 Å². The van der Waals surface area contributed by atoms with E-state index in [1.165, 1.54) is 50.5 Å². The molecule has 0 radical (unpaired) electrons. The lowest BCUT2D eigenvalue weighted by Gasteiger charge is -2.43. The number of aryl methyl sites for hydroxylation is 3. The summed E-state index contributed by atoms with van der Waals surface area (Å²) in [6.45, 7) is 21.0. The second-order valence-corrected chi connectivity index (χ2v) is 23.9. The molecule has 0 amide bonds. The maximum absolute atomic E-state index is 8.88. The molecule has 0 saturated carbocycles. The molecule has 4 heterocycles. The number of para-hydroxylation sites is 1. The molecule has 71 heavy (non-hydrogen) atoms. The first-order valence-corrected chi connectivity index (χ1v) is 25.2. The van der Waals surface area contributed by atoms with Crippen LogP contribution in [0.15, 0.2) is 150 Å². The van der Waals surface area contributed by atoms with E-state index in [9.17, 15) is 0 Å². The fraction of sp³-hybridized carbons (Fsp3) is 0.273. The quantitative estimate of drug-likeness (QED) is 0.164. The first-order valence-electron chi connectivity index (χ1n) is 28.2. The molecule has 0 bridgehead atoms. The molecule has 3 aliphatic rings. The molecular weight excluding hydrogens is 862 g/mol. The number of hydrogen-bond donors (Lipinski definition) is 0. The van der Waals surface area contributed by atoms with E-state index in [0.29, 0.717) is 22.5 Å². The van der Waals surface area contributed by atoms with Crippen LogP contribution in [0.1, 0.15) is 129 Å². The van der Waals surface area contributed by atoms with E-state index in [1.807, 2.05) is 6.07 Å². The second kappa shape index (κ2) is 15.3. The summed E-state index contributed by atoms with van der Waals surface area (Å²) in [4.78, 5) is 4.76. The minimum absolute atomic E-state index is 0.0202. The smallest absolute Gasteiger partial charge is 0.297 e. The highest BCUT2D eigenvalue weighted by molar-refractivity contribution is 6.99. The molecule has 354 valence electrons. The number of fused-ring (bicyclic) bond motifs is 9. The Morgan fingerprint density at radius 1 is 0.535 bits per heavy atom. The molecule has 0 N–H and O–H groups in total. The summed E-state index contributed by atoms with van der Waals surface area (Å²) >= 11 is 0. The fourth-order valence-corrected chi connectivity index (χ4v) is 12.1. The predicted octanol–water partition coefficient (Wildman–Crippen LogP) is 16.1. The first kappa shape index (κ1) is 38.7. The Morgan fingerprint density at radius 3 is 1.73 bits per heavy atom. The van der Waals surface area contributed by atoms with Gasteiger partial charge in [-0.1, -0.05) is 173 Å². The van der Waals surface area contributed by atoms with Gasteiger partial charge in [-0.15, -0.1) is 0 Å². The van der Waals surface area contributed by atoms with Crippen LogP contribution in [0, 0.1) is 20.6 Å². The van der Waals surface area contributed by atoms with Gasteiger partial charge in [0.05, 0.1) is 22.6 Å². The van der Waals surface area contributed by atoms with Crippen LogP contribution in [-0.2, 0) is 21.7 Å². The normalized spacial score (nSPS) is 16.3. The third-order valence-corrected chi connectivity index (χ3v) is 15.7. The van der Waals surface area contributed by atoms with E-state index in [1.54, 1.807) is 13.0 Å². The molecule has 12 rings (SSSR count). The lowest BCUT2D eigenvalue weighted by atomic mass is 9.35. The van der Waals surface area contributed by atoms with Gasteiger partial charge in [-0.2, -0.15) is 0 Å². The Hall–Kier alpha value is -6.98. The van der Waals surface area contributed by atoms with Gasteiger partial charge in [0.1, 0.15) is 5.76 Å². The van der Waals surface area contributed by atoms with Crippen molar-refractivity contribution in [3.63, 3.8) is 0 Å². The van der Waals surface area contributed by atoms with Gasteiger partial charge >= 0.3 is 0 Å². The summed E-state index contributed by atoms with van der Waals surface area (Å²) in [5, 5.41) is 1.20. The van der Waals surface area contributed by atoms with Crippen molar-refractivity contribution in [3.05, 3.63) is 190 Å². The van der Waals surface area contributed by atoms with Crippen molar-refractivity contribution in [2.75, 3.05) is 9.80 Å². The number of nitrogens with zero attached hydrogens (tertiary/aromatic N) is 3. The molecule has 2 aliphatic heterocycles. The maximum Gasteiger partial charge on any atom is 0.297 e. The minimum Gasteiger partial charge on any atom is -0.468 e. The van der Waals surface area contributed by atoms with Crippen molar-refractivity contribution in [1.82, 2.24) is 4.57 Å². The average Bonchev–Trinajstić information content (AvgIpc) is 4.24. The van der Waals surface area contributed by atoms with Gasteiger partial charge in [0.15, 0.2) is 0 Å². The molecular formula is C66H66BN3O.